The zero-order valence-corrected chi connectivity index (χ0v) is 10.2. The highest BCUT2D eigenvalue weighted by Crippen LogP contribution is 2.37. The van der Waals surface area contributed by atoms with Crippen molar-refractivity contribution < 1.29 is 5.11 Å². The minimum Gasteiger partial charge on any atom is -0.508 e. The molecule has 0 aliphatic carbocycles. The maximum atomic E-state index is 9.45. The Labute approximate surface area is 102 Å². The molecule has 3 heteroatoms. The van der Waals surface area contributed by atoms with E-state index < -0.39 is 0 Å². The zero-order valence-electron chi connectivity index (χ0n) is 8.62. The van der Waals surface area contributed by atoms with Gasteiger partial charge in [0.2, 0.25) is 0 Å². The summed E-state index contributed by atoms with van der Waals surface area (Å²) in [5, 5.41) is 12.6. The lowest BCUT2D eigenvalue weighted by atomic mass is 10.1. The van der Waals surface area contributed by atoms with E-state index in [-0.39, 0.29) is 0 Å². The number of halogens is 1. The fraction of sp³-hybridized carbons (Fsp3) is 0.0769. The molecule has 1 N–H and O–H groups in total. The molecule has 1 aromatic heterocycles. The van der Waals surface area contributed by atoms with Crippen LogP contribution in [0.15, 0.2) is 30.3 Å². The molecule has 16 heavy (non-hydrogen) atoms. The van der Waals surface area contributed by atoms with Crippen molar-refractivity contribution in [2.75, 3.05) is 0 Å². The first-order valence-electron chi connectivity index (χ1n) is 4.96. The second-order valence-corrected chi connectivity index (χ2v) is 5.37. The Hall–Kier alpha value is -1.25. The second kappa shape index (κ2) is 3.37. The number of hydrogen-bond acceptors (Lipinski definition) is 2. The van der Waals surface area contributed by atoms with Gasteiger partial charge in [-0.1, -0.05) is 11.6 Å². The summed E-state index contributed by atoms with van der Waals surface area (Å²) in [7, 11) is 0. The molecule has 1 nitrogen and oxygen atoms in total. The van der Waals surface area contributed by atoms with Crippen LogP contribution in [-0.2, 0) is 0 Å². The number of fused-ring (bicyclic) bond motifs is 3. The number of hydrogen-bond donors (Lipinski definition) is 1. The number of rotatable bonds is 0. The third-order valence-electron chi connectivity index (χ3n) is 2.74. The summed E-state index contributed by atoms with van der Waals surface area (Å²) in [6.07, 6.45) is 0. The summed E-state index contributed by atoms with van der Waals surface area (Å²) in [5.41, 5.74) is 1.09. The van der Waals surface area contributed by atoms with E-state index in [1.54, 1.807) is 23.5 Å². The van der Waals surface area contributed by atoms with Crippen molar-refractivity contribution >= 4 is 43.1 Å². The molecular weight excluding hydrogens is 240 g/mol. The maximum Gasteiger partial charge on any atom is 0.117 e. The molecule has 2 aromatic carbocycles. The highest BCUT2D eigenvalue weighted by atomic mass is 35.5. The Morgan fingerprint density at radius 2 is 1.81 bits per heavy atom. The topological polar surface area (TPSA) is 20.2 Å². The van der Waals surface area contributed by atoms with Gasteiger partial charge in [0.05, 0.1) is 0 Å². The molecule has 1 heterocycles. The van der Waals surface area contributed by atoms with E-state index >= 15 is 0 Å². The van der Waals surface area contributed by atoms with Gasteiger partial charge in [0.1, 0.15) is 5.75 Å². The average molecular weight is 249 g/mol. The standard InChI is InChI=1S/C13H9ClOS/c1-7-4-10-9-3-2-8(15)5-12(9)16-13(10)6-11(7)14/h2-6,15H,1H3. The van der Waals surface area contributed by atoms with E-state index in [0.29, 0.717) is 5.75 Å². The van der Waals surface area contributed by atoms with Crippen LogP contribution in [0.3, 0.4) is 0 Å². The quantitative estimate of drug-likeness (QED) is 0.610. The number of aryl methyl sites for hydroxylation is 1. The molecule has 0 amide bonds. The van der Waals surface area contributed by atoms with Crippen LogP contribution >= 0.6 is 22.9 Å². The van der Waals surface area contributed by atoms with Crippen LogP contribution < -0.4 is 0 Å². The summed E-state index contributed by atoms with van der Waals surface area (Å²) in [4.78, 5) is 0. The number of aromatic hydroxyl groups is 1. The van der Waals surface area contributed by atoms with Gasteiger partial charge in [-0.05, 0) is 42.8 Å². The first-order valence-corrected chi connectivity index (χ1v) is 6.16. The van der Waals surface area contributed by atoms with Gasteiger partial charge in [-0.15, -0.1) is 11.3 Å². The first kappa shape index (κ1) is 9.94. The third kappa shape index (κ3) is 1.38. The molecular formula is C13H9ClOS. The van der Waals surface area contributed by atoms with E-state index in [9.17, 15) is 5.11 Å². The van der Waals surface area contributed by atoms with Gasteiger partial charge in [-0.25, -0.2) is 0 Å². The van der Waals surface area contributed by atoms with Crippen molar-refractivity contribution in [3.05, 3.63) is 40.9 Å². The van der Waals surface area contributed by atoms with Gasteiger partial charge in [0, 0.05) is 25.2 Å². The molecule has 3 rings (SSSR count). The van der Waals surface area contributed by atoms with Crippen molar-refractivity contribution in [1.82, 2.24) is 0 Å². The Morgan fingerprint density at radius 1 is 1.06 bits per heavy atom. The van der Waals surface area contributed by atoms with Crippen molar-refractivity contribution in [1.29, 1.82) is 0 Å². The summed E-state index contributed by atoms with van der Waals surface area (Å²) in [6, 6.07) is 9.57. The maximum absolute atomic E-state index is 9.45. The number of thiophene rings is 1. The van der Waals surface area contributed by atoms with Crippen LogP contribution in [0.5, 0.6) is 5.75 Å². The molecule has 0 aliphatic rings. The fourth-order valence-corrected chi connectivity index (χ4v) is 3.28. The predicted molar refractivity (Wildman–Crippen MR) is 70.7 cm³/mol. The van der Waals surface area contributed by atoms with Crippen LogP contribution in [-0.4, -0.2) is 5.11 Å². The normalized spacial score (nSPS) is 11.4. The highest BCUT2D eigenvalue weighted by Gasteiger charge is 2.07. The molecule has 3 aromatic rings. The lowest BCUT2D eigenvalue weighted by molar-refractivity contribution is 0.476. The van der Waals surface area contributed by atoms with Crippen LogP contribution in [0, 0.1) is 6.92 Å². The van der Waals surface area contributed by atoms with Crippen LogP contribution in [0.2, 0.25) is 5.02 Å². The lowest BCUT2D eigenvalue weighted by Gasteiger charge is -1.97. The van der Waals surface area contributed by atoms with Crippen molar-refractivity contribution in [3.8, 4) is 5.75 Å². The molecule has 0 unspecified atom stereocenters. The smallest absolute Gasteiger partial charge is 0.117 e. The highest BCUT2D eigenvalue weighted by molar-refractivity contribution is 7.25. The average Bonchev–Trinajstić information content (AvgIpc) is 2.55. The number of phenols is 1. The molecule has 0 atom stereocenters. The lowest BCUT2D eigenvalue weighted by Crippen LogP contribution is -1.73. The second-order valence-electron chi connectivity index (χ2n) is 3.88. The zero-order chi connectivity index (χ0) is 11.3. The summed E-state index contributed by atoms with van der Waals surface area (Å²) in [5.74, 6) is 0.307. The summed E-state index contributed by atoms with van der Waals surface area (Å²) >= 11 is 7.76. The first-order chi connectivity index (χ1) is 7.65. The van der Waals surface area contributed by atoms with Gasteiger partial charge < -0.3 is 5.11 Å². The van der Waals surface area contributed by atoms with E-state index in [1.165, 1.54) is 10.8 Å². The Bertz CT molecular complexity index is 700. The fourth-order valence-electron chi connectivity index (χ4n) is 1.89. The molecule has 0 spiro atoms. The van der Waals surface area contributed by atoms with E-state index in [1.807, 2.05) is 19.1 Å². The summed E-state index contributed by atoms with van der Waals surface area (Å²) < 4.78 is 2.26. The molecule has 0 fully saturated rings. The monoisotopic (exact) mass is 248 g/mol. The Kier molecular flexibility index (Phi) is 2.09. The van der Waals surface area contributed by atoms with Gasteiger partial charge in [0.25, 0.3) is 0 Å². The number of phenolic OH excluding ortho intramolecular Hbond substituents is 1. The van der Waals surface area contributed by atoms with Crippen LogP contribution in [0.4, 0.5) is 0 Å². The molecule has 0 saturated heterocycles. The molecule has 0 aliphatic heterocycles. The van der Waals surface area contributed by atoms with Crippen LogP contribution in [0.25, 0.3) is 20.2 Å². The van der Waals surface area contributed by atoms with Gasteiger partial charge in [-0.2, -0.15) is 0 Å². The van der Waals surface area contributed by atoms with E-state index in [4.69, 9.17) is 11.6 Å². The Balaban J connectivity index is 2.51. The van der Waals surface area contributed by atoms with Crippen molar-refractivity contribution in [2.24, 2.45) is 0 Å². The minimum absolute atomic E-state index is 0.307. The summed E-state index contributed by atoms with van der Waals surface area (Å²) in [6.45, 7) is 2.01. The predicted octanol–water partition coefficient (Wildman–Crippen LogP) is 4.72. The molecule has 0 bridgehead atoms. The van der Waals surface area contributed by atoms with E-state index in [2.05, 4.69) is 6.07 Å². The van der Waals surface area contributed by atoms with Crippen LogP contribution in [0.1, 0.15) is 5.56 Å². The van der Waals surface area contributed by atoms with Gasteiger partial charge in [0.15, 0.2) is 0 Å². The molecule has 0 saturated carbocycles. The van der Waals surface area contributed by atoms with E-state index in [0.717, 1.165) is 20.0 Å². The van der Waals surface area contributed by atoms with Crippen molar-refractivity contribution in [2.45, 2.75) is 6.92 Å². The third-order valence-corrected chi connectivity index (χ3v) is 4.26. The minimum atomic E-state index is 0.307. The molecule has 0 radical (unpaired) electrons. The van der Waals surface area contributed by atoms with Crippen molar-refractivity contribution in [3.63, 3.8) is 0 Å². The largest absolute Gasteiger partial charge is 0.508 e. The number of benzene rings is 2. The molecule has 80 valence electrons. The van der Waals surface area contributed by atoms with Gasteiger partial charge in [-0.3, -0.25) is 0 Å². The van der Waals surface area contributed by atoms with Gasteiger partial charge >= 0.3 is 0 Å². The Morgan fingerprint density at radius 3 is 2.62 bits per heavy atom. The SMILES string of the molecule is Cc1cc2c(cc1Cl)sc1cc(O)ccc12.